The number of sulfonamides is 1. The first kappa shape index (κ1) is 21.5. The lowest BCUT2D eigenvalue weighted by Crippen LogP contribution is -2.41. The van der Waals surface area contributed by atoms with Crippen molar-refractivity contribution in [1.82, 2.24) is 19.0 Å². The molecule has 1 saturated heterocycles. The van der Waals surface area contributed by atoms with Crippen LogP contribution in [0.25, 0.3) is 0 Å². The summed E-state index contributed by atoms with van der Waals surface area (Å²) in [6.45, 7) is 2.36. The molecule has 1 N–H and O–H groups in total. The SMILES string of the molecule is CN(C)CCn1cc(NC(=O)C2CCN(S(=O)(=O)Cc3ccccc3)CC2)cn1. The molecule has 1 aromatic carbocycles. The summed E-state index contributed by atoms with van der Waals surface area (Å²) in [7, 11) is 0.627. The molecule has 0 atom stereocenters. The highest BCUT2D eigenvalue weighted by Gasteiger charge is 2.31. The molecule has 1 aliphatic rings. The van der Waals surface area contributed by atoms with E-state index in [1.54, 1.807) is 10.9 Å². The van der Waals surface area contributed by atoms with Crippen LogP contribution in [0.1, 0.15) is 18.4 Å². The Hall–Kier alpha value is -2.23. The minimum absolute atomic E-state index is 0.00314. The largest absolute Gasteiger partial charge is 0.323 e. The highest BCUT2D eigenvalue weighted by atomic mass is 32.2. The number of likely N-dealkylation sites (N-methyl/N-ethyl adjacent to an activating group) is 1. The second-order valence-corrected chi connectivity index (χ2v) is 9.67. The summed E-state index contributed by atoms with van der Waals surface area (Å²) in [6, 6.07) is 9.17. The lowest BCUT2D eigenvalue weighted by atomic mass is 9.97. The van der Waals surface area contributed by atoms with Gasteiger partial charge in [-0.05, 0) is 32.5 Å². The smallest absolute Gasteiger partial charge is 0.227 e. The van der Waals surface area contributed by atoms with Crippen LogP contribution in [0.3, 0.4) is 0 Å². The van der Waals surface area contributed by atoms with Gasteiger partial charge in [0.05, 0.1) is 24.2 Å². The highest BCUT2D eigenvalue weighted by Crippen LogP contribution is 2.23. The summed E-state index contributed by atoms with van der Waals surface area (Å²) < 4.78 is 28.6. The number of carbonyl (C=O) groups excluding carboxylic acids is 1. The van der Waals surface area contributed by atoms with Crippen molar-refractivity contribution in [2.24, 2.45) is 5.92 Å². The van der Waals surface area contributed by atoms with E-state index in [9.17, 15) is 13.2 Å². The molecule has 1 fully saturated rings. The summed E-state index contributed by atoms with van der Waals surface area (Å²) in [5.74, 6) is -0.267. The van der Waals surface area contributed by atoms with Crippen molar-refractivity contribution >= 4 is 21.6 Å². The number of aromatic nitrogens is 2. The molecule has 1 aromatic heterocycles. The maximum Gasteiger partial charge on any atom is 0.227 e. The fourth-order valence-electron chi connectivity index (χ4n) is 3.37. The van der Waals surface area contributed by atoms with Gasteiger partial charge in [-0.25, -0.2) is 12.7 Å². The van der Waals surface area contributed by atoms with Crippen LogP contribution in [0.2, 0.25) is 0 Å². The Balaban J connectivity index is 1.49. The Bertz CT molecular complexity index is 903. The van der Waals surface area contributed by atoms with Crippen molar-refractivity contribution in [2.75, 3.05) is 39.0 Å². The number of piperidine rings is 1. The Labute approximate surface area is 172 Å². The van der Waals surface area contributed by atoms with Crippen LogP contribution >= 0.6 is 0 Å². The van der Waals surface area contributed by atoms with E-state index in [4.69, 9.17) is 0 Å². The van der Waals surface area contributed by atoms with Crippen molar-refractivity contribution in [3.05, 3.63) is 48.3 Å². The molecular formula is C20H29N5O3S. The Kier molecular flexibility index (Phi) is 7.05. The van der Waals surface area contributed by atoms with Crippen LogP contribution in [0.15, 0.2) is 42.7 Å². The zero-order chi connectivity index (χ0) is 20.9. The van der Waals surface area contributed by atoms with E-state index in [0.717, 1.165) is 18.7 Å². The van der Waals surface area contributed by atoms with Gasteiger partial charge in [-0.15, -0.1) is 0 Å². The van der Waals surface area contributed by atoms with Gasteiger partial charge in [0.1, 0.15) is 0 Å². The molecule has 2 heterocycles. The van der Waals surface area contributed by atoms with Crippen molar-refractivity contribution in [3.8, 4) is 0 Å². The molecule has 0 saturated carbocycles. The van der Waals surface area contributed by atoms with Crippen LogP contribution in [-0.4, -0.2) is 67.0 Å². The average molecular weight is 420 g/mol. The van der Waals surface area contributed by atoms with E-state index in [2.05, 4.69) is 15.3 Å². The standard InChI is InChI=1S/C20H29N5O3S/c1-23(2)12-13-24-15-19(14-21-24)22-20(26)18-8-10-25(11-9-18)29(27,28)16-17-6-4-3-5-7-17/h3-7,14-15,18H,8-13,16H2,1-2H3,(H,22,26). The monoisotopic (exact) mass is 419 g/mol. The maximum atomic E-state index is 12.6. The summed E-state index contributed by atoms with van der Waals surface area (Å²) >= 11 is 0. The number of rotatable bonds is 8. The lowest BCUT2D eigenvalue weighted by molar-refractivity contribution is -0.120. The predicted octanol–water partition coefficient (Wildman–Crippen LogP) is 1.63. The van der Waals surface area contributed by atoms with Gasteiger partial charge in [0.25, 0.3) is 0 Å². The van der Waals surface area contributed by atoms with Crippen molar-refractivity contribution in [3.63, 3.8) is 0 Å². The van der Waals surface area contributed by atoms with Gasteiger partial charge in [-0.3, -0.25) is 9.48 Å². The maximum absolute atomic E-state index is 12.6. The van der Waals surface area contributed by atoms with Gasteiger partial charge in [0.15, 0.2) is 0 Å². The normalized spacial score (nSPS) is 16.2. The lowest BCUT2D eigenvalue weighted by Gasteiger charge is -2.30. The van der Waals surface area contributed by atoms with Crippen LogP contribution in [-0.2, 0) is 27.1 Å². The fourth-order valence-corrected chi connectivity index (χ4v) is 4.93. The molecule has 29 heavy (non-hydrogen) atoms. The molecule has 0 aliphatic carbocycles. The van der Waals surface area contributed by atoms with Gasteiger partial charge in [-0.1, -0.05) is 30.3 Å². The number of anilines is 1. The summed E-state index contributed by atoms with van der Waals surface area (Å²) in [4.78, 5) is 14.6. The first-order chi connectivity index (χ1) is 13.8. The van der Waals surface area contributed by atoms with Crippen LogP contribution in [0.4, 0.5) is 5.69 Å². The van der Waals surface area contributed by atoms with Gasteiger partial charge in [-0.2, -0.15) is 5.10 Å². The number of nitrogens with one attached hydrogen (secondary N) is 1. The topological polar surface area (TPSA) is 87.5 Å². The third-order valence-corrected chi connectivity index (χ3v) is 6.94. The number of amides is 1. The number of hydrogen-bond donors (Lipinski definition) is 1. The molecule has 3 rings (SSSR count). The summed E-state index contributed by atoms with van der Waals surface area (Å²) in [5.41, 5.74) is 1.45. The number of benzene rings is 1. The molecule has 0 bridgehead atoms. The number of nitrogens with zero attached hydrogens (tertiary/aromatic N) is 4. The van der Waals surface area contributed by atoms with Gasteiger partial charge >= 0.3 is 0 Å². The molecule has 0 unspecified atom stereocenters. The fraction of sp³-hybridized carbons (Fsp3) is 0.500. The molecule has 2 aromatic rings. The van der Waals surface area contributed by atoms with E-state index >= 15 is 0 Å². The van der Waals surface area contributed by atoms with Crippen molar-refractivity contribution < 1.29 is 13.2 Å². The van der Waals surface area contributed by atoms with E-state index in [1.807, 2.05) is 50.6 Å². The van der Waals surface area contributed by atoms with Crippen molar-refractivity contribution in [1.29, 1.82) is 0 Å². The molecule has 0 spiro atoms. The van der Waals surface area contributed by atoms with E-state index < -0.39 is 10.0 Å². The second-order valence-electron chi connectivity index (χ2n) is 7.70. The minimum atomic E-state index is -3.37. The summed E-state index contributed by atoms with van der Waals surface area (Å²) in [6.07, 6.45) is 4.51. The van der Waals surface area contributed by atoms with E-state index in [-0.39, 0.29) is 17.6 Å². The van der Waals surface area contributed by atoms with Crippen LogP contribution in [0, 0.1) is 5.92 Å². The minimum Gasteiger partial charge on any atom is -0.323 e. The number of carbonyl (C=O) groups is 1. The first-order valence-electron chi connectivity index (χ1n) is 9.83. The van der Waals surface area contributed by atoms with Crippen molar-refractivity contribution in [2.45, 2.75) is 25.1 Å². The van der Waals surface area contributed by atoms with Gasteiger partial charge in [0.2, 0.25) is 15.9 Å². The molecule has 0 radical (unpaired) electrons. The average Bonchev–Trinajstić information content (AvgIpc) is 3.14. The zero-order valence-electron chi connectivity index (χ0n) is 17.0. The highest BCUT2D eigenvalue weighted by molar-refractivity contribution is 7.88. The first-order valence-corrected chi connectivity index (χ1v) is 11.4. The molecule has 8 nitrogen and oxygen atoms in total. The second kappa shape index (κ2) is 9.51. The van der Waals surface area contributed by atoms with E-state index in [0.29, 0.717) is 31.6 Å². The number of hydrogen-bond acceptors (Lipinski definition) is 5. The Morgan fingerprint density at radius 3 is 2.55 bits per heavy atom. The third kappa shape index (κ3) is 6.12. The third-order valence-electron chi connectivity index (χ3n) is 5.09. The molecular weight excluding hydrogens is 390 g/mol. The quantitative estimate of drug-likeness (QED) is 0.703. The molecule has 9 heteroatoms. The molecule has 1 aliphatic heterocycles. The van der Waals surface area contributed by atoms with Crippen LogP contribution in [0.5, 0.6) is 0 Å². The Morgan fingerprint density at radius 2 is 1.90 bits per heavy atom. The van der Waals surface area contributed by atoms with E-state index in [1.165, 1.54) is 4.31 Å². The Morgan fingerprint density at radius 1 is 1.21 bits per heavy atom. The molecule has 1 amide bonds. The van der Waals surface area contributed by atoms with Gasteiger partial charge in [0, 0.05) is 31.7 Å². The summed E-state index contributed by atoms with van der Waals surface area (Å²) in [5, 5.41) is 7.17. The van der Waals surface area contributed by atoms with Crippen LogP contribution < -0.4 is 5.32 Å². The predicted molar refractivity (Wildman–Crippen MR) is 113 cm³/mol. The zero-order valence-corrected chi connectivity index (χ0v) is 17.8. The van der Waals surface area contributed by atoms with Gasteiger partial charge < -0.3 is 10.2 Å². The molecule has 158 valence electrons.